The van der Waals surface area contributed by atoms with Crippen molar-refractivity contribution >= 4 is 35.0 Å². The van der Waals surface area contributed by atoms with Crippen LogP contribution in [0.5, 0.6) is 0 Å². The number of carbonyl (C=O) groups is 2. The molecule has 1 atom stereocenters. The normalized spacial score (nSPS) is 11.5. The molecule has 0 fully saturated rings. The Kier molecular flexibility index (Phi) is 6.47. The molecule has 0 aromatic heterocycles. The molecule has 25 heavy (non-hydrogen) atoms. The van der Waals surface area contributed by atoms with Crippen LogP contribution in [0.1, 0.15) is 17.3 Å². The predicted molar refractivity (Wildman–Crippen MR) is 102 cm³/mol. The number of nitrogens with one attached hydrogen (secondary N) is 1. The Labute approximate surface area is 152 Å². The van der Waals surface area contributed by atoms with Crippen LogP contribution in [0.2, 0.25) is 0 Å². The molecular weight excluding hydrogens is 336 g/mol. The zero-order chi connectivity index (χ0) is 18.4. The van der Waals surface area contributed by atoms with Crippen LogP contribution >= 0.6 is 11.8 Å². The van der Waals surface area contributed by atoms with Crippen LogP contribution in [0.4, 0.5) is 11.4 Å². The van der Waals surface area contributed by atoms with Gasteiger partial charge in [0.05, 0.1) is 5.56 Å². The van der Waals surface area contributed by atoms with Crippen LogP contribution in [-0.4, -0.2) is 38.3 Å². The highest BCUT2D eigenvalue weighted by molar-refractivity contribution is 7.98. The van der Waals surface area contributed by atoms with Crippen molar-refractivity contribution in [1.82, 2.24) is 0 Å². The maximum atomic E-state index is 12.3. The van der Waals surface area contributed by atoms with Crippen molar-refractivity contribution in [1.29, 1.82) is 0 Å². The van der Waals surface area contributed by atoms with Crippen LogP contribution in [0, 0.1) is 0 Å². The molecule has 0 bridgehead atoms. The zero-order valence-electron chi connectivity index (χ0n) is 14.8. The fraction of sp³-hybridized carbons (Fsp3) is 0.263. The number of anilines is 2. The van der Waals surface area contributed by atoms with E-state index in [-0.39, 0.29) is 5.91 Å². The third kappa shape index (κ3) is 5.00. The minimum atomic E-state index is -0.893. The van der Waals surface area contributed by atoms with E-state index in [9.17, 15) is 9.59 Å². The van der Waals surface area contributed by atoms with Crippen molar-refractivity contribution in [2.24, 2.45) is 0 Å². The van der Waals surface area contributed by atoms with Gasteiger partial charge in [0.1, 0.15) is 0 Å². The summed E-state index contributed by atoms with van der Waals surface area (Å²) in [6.45, 7) is 1.56. The van der Waals surface area contributed by atoms with E-state index in [2.05, 4.69) is 5.32 Å². The zero-order valence-corrected chi connectivity index (χ0v) is 15.6. The van der Waals surface area contributed by atoms with Crippen LogP contribution < -0.4 is 10.2 Å². The summed E-state index contributed by atoms with van der Waals surface area (Å²) in [6.07, 6.45) is 0.996. The fourth-order valence-electron chi connectivity index (χ4n) is 2.18. The lowest BCUT2D eigenvalue weighted by Crippen LogP contribution is -2.30. The first-order chi connectivity index (χ1) is 11.9. The second kappa shape index (κ2) is 8.58. The molecule has 2 rings (SSSR count). The lowest BCUT2D eigenvalue weighted by Gasteiger charge is -2.16. The first-order valence-electron chi connectivity index (χ1n) is 7.84. The molecule has 6 heteroatoms. The molecule has 0 radical (unpaired) electrons. The van der Waals surface area contributed by atoms with Crippen molar-refractivity contribution < 1.29 is 14.3 Å². The van der Waals surface area contributed by atoms with E-state index in [1.165, 1.54) is 11.8 Å². The van der Waals surface area contributed by atoms with E-state index in [0.717, 1.165) is 10.6 Å². The summed E-state index contributed by atoms with van der Waals surface area (Å²) in [6, 6.07) is 14.6. The Morgan fingerprint density at radius 3 is 2.32 bits per heavy atom. The van der Waals surface area contributed by atoms with Crippen molar-refractivity contribution in [2.45, 2.75) is 17.9 Å². The third-order valence-corrected chi connectivity index (χ3v) is 4.43. The molecule has 5 nitrogen and oxygen atoms in total. The molecule has 0 spiro atoms. The Hall–Kier alpha value is -2.47. The minimum Gasteiger partial charge on any atom is -0.449 e. The summed E-state index contributed by atoms with van der Waals surface area (Å²) in [4.78, 5) is 27.3. The molecule has 0 aliphatic carbocycles. The highest BCUT2D eigenvalue weighted by Crippen LogP contribution is 2.21. The van der Waals surface area contributed by atoms with Crippen molar-refractivity contribution in [3.8, 4) is 0 Å². The number of hydrogen-bond donors (Lipinski definition) is 1. The second-order valence-electron chi connectivity index (χ2n) is 5.68. The van der Waals surface area contributed by atoms with E-state index in [1.54, 1.807) is 19.1 Å². The number of amides is 1. The molecule has 1 N–H and O–H groups in total. The summed E-state index contributed by atoms with van der Waals surface area (Å²) in [5.41, 5.74) is 2.15. The Balaban J connectivity index is 1.99. The van der Waals surface area contributed by atoms with Gasteiger partial charge in [-0.25, -0.2) is 4.79 Å². The van der Waals surface area contributed by atoms with Gasteiger partial charge < -0.3 is 15.0 Å². The summed E-state index contributed by atoms with van der Waals surface area (Å²) in [7, 11) is 3.89. The number of ether oxygens (including phenoxy) is 1. The molecule has 0 saturated heterocycles. The molecule has 0 saturated carbocycles. The summed E-state index contributed by atoms with van der Waals surface area (Å²) in [5, 5.41) is 2.75. The van der Waals surface area contributed by atoms with E-state index < -0.39 is 12.1 Å². The van der Waals surface area contributed by atoms with Gasteiger partial charge in [0.25, 0.3) is 5.91 Å². The number of carbonyl (C=O) groups excluding carboxylic acids is 2. The van der Waals surface area contributed by atoms with Gasteiger partial charge in [0.15, 0.2) is 6.10 Å². The van der Waals surface area contributed by atoms with Gasteiger partial charge in [0, 0.05) is 30.4 Å². The van der Waals surface area contributed by atoms with Crippen LogP contribution in [0.3, 0.4) is 0 Å². The lowest BCUT2D eigenvalue weighted by atomic mass is 10.2. The smallest absolute Gasteiger partial charge is 0.340 e. The minimum absolute atomic E-state index is 0.368. The summed E-state index contributed by atoms with van der Waals surface area (Å²) >= 11 is 1.46. The van der Waals surface area contributed by atoms with Crippen molar-refractivity contribution in [3.63, 3.8) is 0 Å². The highest BCUT2D eigenvalue weighted by atomic mass is 32.2. The van der Waals surface area contributed by atoms with Gasteiger partial charge in [-0.15, -0.1) is 11.8 Å². The fourth-order valence-corrected chi connectivity index (χ4v) is 2.76. The average Bonchev–Trinajstić information content (AvgIpc) is 2.61. The maximum absolute atomic E-state index is 12.3. The SMILES string of the molecule is CSc1ccccc1C(=O)O[C@@H](C)C(=O)Nc1ccc(N(C)C)cc1. The monoisotopic (exact) mass is 358 g/mol. The number of esters is 1. The van der Waals surface area contributed by atoms with Crippen LogP contribution in [-0.2, 0) is 9.53 Å². The van der Waals surface area contributed by atoms with E-state index in [1.807, 2.05) is 61.6 Å². The van der Waals surface area contributed by atoms with Crippen LogP contribution in [0.15, 0.2) is 53.4 Å². The summed E-state index contributed by atoms with van der Waals surface area (Å²) in [5.74, 6) is -0.872. The number of benzene rings is 2. The van der Waals surface area contributed by atoms with E-state index >= 15 is 0 Å². The van der Waals surface area contributed by atoms with Gasteiger partial charge in [-0.05, 0) is 49.6 Å². The van der Waals surface area contributed by atoms with Crippen molar-refractivity contribution in [2.75, 3.05) is 30.6 Å². The quantitative estimate of drug-likeness (QED) is 0.631. The van der Waals surface area contributed by atoms with Gasteiger partial charge in [-0.1, -0.05) is 12.1 Å². The topological polar surface area (TPSA) is 58.6 Å². The molecule has 0 aliphatic heterocycles. The maximum Gasteiger partial charge on any atom is 0.340 e. The van der Waals surface area contributed by atoms with Gasteiger partial charge in [-0.2, -0.15) is 0 Å². The Bertz CT molecular complexity index is 745. The van der Waals surface area contributed by atoms with Gasteiger partial charge in [-0.3, -0.25) is 4.79 Å². The largest absolute Gasteiger partial charge is 0.449 e. The molecule has 0 heterocycles. The van der Waals surface area contributed by atoms with Gasteiger partial charge in [0.2, 0.25) is 0 Å². The number of rotatable bonds is 6. The van der Waals surface area contributed by atoms with Crippen molar-refractivity contribution in [3.05, 3.63) is 54.1 Å². The first-order valence-corrected chi connectivity index (χ1v) is 9.07. The second-order valence-corrected chi connectivity index (χ2v) is 6.53. The van der Waals surface area contributed by atoms with E-state index in [0.29, 0.717) is 11.3 Å². The van der Waals surface area contributed by atoms with Crippen LogP contribution in [0.25, 0.3) is 0 Å². The first kappa shape index (κ1) is 18.9. The molecule has 1 amide bonds. The number of thioether (sulfide) groups is 1. The number of hydrogen-bond acceptors (Lipinski definition) is 5. The number of nitrogens with zero attached hydrogens (tertiary/aromatic N) is 1. The van der Waals surface area contributed by atoms with Gasteiger partial charge >= 0.3 is 5.97 Å². The molecule has 0 aliphatic rings. The highest BCUT2D eigenvalue weighted by Gasteiger charge is 2.20. The molecule has 0 unspecified atom stereocenters. The third-order valence-electron chi connectivity index (χ3n) is 3.63. The summed E-state index contributed by atoms with van der Waals surface area (Å²) < 4.78 is 5.30. The lowest BCUT2D eigenvalue weighted by molar-refractivity contribution is -0.123. The average molecular weight is 358 g/mol. The molecule has 2 aromatic carbocycles. The molecule has 2 aromatic rings. The van der Waals surface area contributed by atoms with E-state index in [4.69, 9.17) is 4.74 Å². The Morgan fingerprint density at radius 2 is 1.72 bits per heavy atom. The standard InChI is InChI=1S/C19H22N2O3S/c1-13(24-19(23)16-7-5-6-8-17(16)25-4)18(22)20-14-9-11-15(12-10-14)21(2)3/h5-13H,1-4H3,(H,20,22)/t13-/m0/s1. The molecular formula is C19H22N2O3S. The Morgan fingerprint density at radius 1 is 1.08 bits per heavy atom. The predicted octanol–water partition coefficient (Wildman–Crippen LogP) is 3.66. The molecule has 132 valence electrons.